The molecule has 2 unspecified atom stereocenters. The van der Waals surface area contributed by atoms with Gasteiger partial charge in [0.1, 0.15) is 11.7 Å². The lowest BCUT2D eigenvalue weighted by atomic mass is 9.96. The molecule has 2 rings (SSSR count). The van der Waals surface area contributed by atoms with Crippen LogP contribution in [0.15, 0.2) is 4.99 Å². The fourth-order valence-corrected chi connectivity index (χ4v) is 2.59. The Kier molecular flexibility index (Phi) is 2.73. The zero-order chi connectivity index (χ0) is 11.8. The quantitative estimate of drug-likeness (QED) is 0.279. The van der Waals surface area contributed by atoms with E-state index in [0.29, 0.717) is 18.9 Å². The number of nitrogens with one attached hydrogen (secondary N) is 3. The molecule has 0 saturated carbocycles. The number of likely N-dealkylation sites (N-methyl/N-ethyl adjacent to an activating group) is 1. The Labute approximate surface area is 94.2 Å². The number of guanidine groups is 1. The average Bonchev–Trinajstić information content (AvgIpc) is 2.72. The predicted molar refractivity (Wildman–Crippen MR) is 61.3 cm³/mol. The number of hydrogen-bond donors (Lipinski definition) is 5. The first kappa shape index (κ1) is 11.2. The summed E-state index contributed by atoms with van der Waals surface area (Å²) in [6.07, 6.45) is 1.33. The van der Waals surface area contributed by atoms with Gasteiger partial charge in [-0.25, -0.2) is 4.99 Å². The molecule has 3 atom stereocenters. The van der Waals surface area contributed by atoms with E-state index in [9.17, 15) is 5.11 Å². The molecule has 1 saturated heterocycles. The second kappa shape index (κ2) is 3.91. The van der Waals surface area contributed by atoms with Crippen LogP contribution in [0, 0.1) is 5.41 Å². The number of aliphatic imine (C=N–C) groups is 1. The standard InChI is InChI=1S/C9H18N6O/c1-15-3-2-7(16)9(15)6(4-12-5-10)13-8(11)14-9/h5-7,16H,2-4H2,1H3,(H2,10,12)(H3,11,13,14)/t6?,7-,9?/m1/s1. The van der Waals surface area contributed by atoms with Crippen molar-refractivity contribution in [1.82, 2.24) is 15.5 Å². The minimum absolute atomic E-state index is 0.184. The molecule has 2 aliphatic heterocycles. The minimum Gasteiger partial charge on any atom is -0.389 e. The number of aliphatic hydroxyl groups is 1. The summed E-state index contributed by atoms with van der Waals surface area (Å²) < 4.78 is 0. The highest BCUT2D eigenvalue weighted by molar-refractivity contribution is 5.81. The SMILES string of the molecule is CN1CC[C@@H](O)C12NC(N)=NC2CNC=N. The average molecular weight is 226 g/mol. The summed E-state index contributed by atoms with van der Waals surface area (Å²) in [5.74, 6) is 0.351. The third-order valence-electron chi connectivity index (χ3n) is 3.42. The van der Waals surface area contributed by atoms with Gasteiger partial charge in [0.05, 0.1) is 12.4 Å². The molecule has 0 aromatic rings. The lowest BCUT2D eigenvalue weighted by molar-refractivity contribution is 0.0183. The monoisotopic (exact) mass is 226 g/mol. The van der Waals surface area contributed by atoms with Gasteiger partial charge in [-0.2, -0.15) is 0 Å². The smallest absolute Gasteiger partial charge is 0.190 e. The van der Waals surface area contributed by atoms with Crippen LogP contribution in [0.25, 0.3) is 0 Å². The van der Waals surface area contributed by atoms with Gasteiger partial charge >= 0.3 is 0 Å². The van der Waals surface area contributed by atoms with Crippen molar-refractivity contribution in [3.05, 3.63) is 0 Å². The fraction of sp³-hybridized carbons (Fsp3) is 0.778. The lowest BCUT2D eigenvalue weighted by Gasteiger charge is -2.39. The third-order valence-corrected chi connectivity index (χ3v) is 3.42. The Morgan fingerprint density at radius 1 is 1.88 bits per heavy atom. The second-order valence-electron chi connectivity index (χ2n) is 4.26. The molecular weight excluding hydrogens is 208 g/mol. The van der Waals surface area contributed by atoms with E-state index in [1.165, 1.54) is 0 Å². The van der Waals surface area contributed by atoms with E-state index in [1.807, 2.05) is 11.9 Å². The topological polar surface area (TPSA) is 110 Å². The zero-order valence-corrected chi connectivity index (χ0v) is 9.27. The van der Waals surface area contributed by atoms with Gasteiger partial charge in [-0.3, -0.25) is 10.3 Å². The molecule has 6 N–H and O–H groups in total. The summed E-state index contributed by atoms with van der Waals surface area (Å²) in [5.41, 5.74) is 5.08. The van der Waals surface area contributed by atoms with E-state index in [-0.39, 0.29) is 6.04 Å². The van der Waals surface area contributed by atoms with E-state index in [2.05, 4.69) is 15.6 Å². The van der Waals surface area contributed by atoms with Gasteiger partial charge in [0.25, 0.3) is 0 Å². The van der Waals surface area contributed by atoms with E-state index in [4.69, 9.17) is 11.1 Å². The summed E-state index contributed by atoms with van der Waals surface area (Å²) in [4.78, 5) is 6.32. The molecule has 2 heterocycles. The maximum absolute atomic E-state index is 10.1. The molecule has 0 bridgehead atoms. The Morgan fingerprint density at radius 2 is 2.62 bits per heavy atom. The number of likely N-dealkylation sites (tertiary alicyclic amines) is 1. The molecule has 1 fully saturated rings. The summed E-state index contributed by atoms with van der Waals surface area (Å²) in [7, 11) is 1.94. The second-order valence-corrected chi connectivity index (χ2v) is 4.26. The van der Waals surface area contributed by atoms with Crippen molar-refractivity contribution in [2.75, 3.05) is 20.1 Å². The third kappa shape index (κ3) is 1.43. The lowest BCUT2D eigenvalue weighted by Crippen LogP contribution is -2.66. The largest absolute Gasteiger partial charge is 0.389 e. The van der Waals surface area contributed by atoms with Crippen molar-refractivity contribution in [2.45, 2.75) is 24.2 Å². The molecule has 0 amide bonds. The van der Waals surface area contributed by atoms with Crippen LogP contribution in [0.3, 0.4) is 0 Å². The molecule has 7 heteroatoms. The molecule has 0 radical (unpaired) electrons. The first-order chi connectivity index (χ1) is 7.61. The van der Waals surface area contributed by atoms with E-state index in [0.717, 1.165) is 12.9 Å². The van der Waals surface area contributed by atoms with Gasteiger partial charge in [0.2, 0.25) is 0 Å². The fourth-order valence-electron chi connectivity index (χ4n) is 2.59. The Bertz CT molecular complexity index is 307. The Morgan fingerprint density at radius 3 is 3.19 bits per heavy atom. The first-order valence-corrected chi connectivity index (χ1v) is 5.34. The highest BCUT2D eigenvalue weighted by Crippen LogP contribution is 2.33. The van der Waals surface area contributed by atoms with E-state index >= 15 is 0 Å². The molecular formula is C9H18N6O. The molecule has 0 aromatic carbocycles. The van der Waals surface area contributed by atoms with Crippen LogP contribution in [0.1, 0.15) is 6.42 Å². The minimum atomic E-state index is -0.611. The van der Waals surface area contributed by atoms with Gasteiger partial charge in [0.15, 0.2) is 5.96 Å². The van der Waals surface area contributed by atoms with E-state index < -0.39 is 11.8 Å². The van der Waals surface area contributed by atoms with Crippen molar-refractivity contribution < 1.29 is 5.11 Å². The van der Waals surface area contributed by atoms with Crippen LogP contribution in [0.5, 0.6) is 0 Å². The van der Waals surface area contributed by atoms with Crippen LogP contribution < -0.4 is 16.4 Å². The van der Waals surface area contributed by atoms with Crippen molar-refractivity contribution in [3.63, 3.8) is 0 Å². The van der Waals surface area contributed by atoms with Crippen LogP contribution in [0.2, 0.25) is 0 Å². The van der Waals surface area contributed by atoms with Crippen molar-refractivity contribution in [2.24, 2.45) is 10.7 Å². The molecule has 0 aliphatic carbocycles. The van der Waals surface area contributed by atoms with Crippen molar-refractivity contribution in [1.29, 1.82) is 5.41 Å². The number of nitrogens with zero attached hydrogens (tertiary/aromatic N) is 2. The zero-order valence-electron chi connectivity index (χ0n) is 9.27. The van der Waals surface area contributed by atoms with Crippen molar-refractivity contribution >= 4 is 12.3 Å². The molecule has 0 aromatic heterocycles. The highest BCUT2D eigenvalue weighted by Gasteiger charge is 2.55. The predicted octanol–water partition coefficient (Wildman–Crippen LogP) is -2.14. The Balaban J connectivity index is 2.22. The highest BCUT2D eigenvalue weighted by atomic mass is 16.3. The van der Waals surface area contributed by atoms with Crippen molar-refractivity contribution in [3.8, 4) is 0 Å². The molecule has 1 spiro atoms. The number of nitrogens with two attached hydrogens (primary N) is 1. The summed E-state index contributed by atoms with van der Waals surface area (Å²) in [6, 6.07) is -0.184. The van der Waals surface area contributed by atoms with E-state index in [1.54, 1.807) is 0 Å². The molecule has 16 heavy (non-hydrogen) atoms. The maximum atomic E-state index is 10.1. The summed E-state index contributed by atoms with van der Waals surface area (Å²) in [5, 5.41) is 23.0. The summed E-state index contributed by atoms with van der Waals surface area (Å²) >= 11 is 0. The number of hydrogen-bond acceptors (Lipinski definition) is 6. The molecule has 7 nitrogen and oxygen atoms in total. The van der Waals surface area contributed by atoms with Crippen LogP contribution in [-0.4, -0.2) is 60.3 Å². The van der Waals surface area contributed by atoms with Crippen LogP contribution in [0.4, 0.5) is 0 Å². The van der Waals surface area contributed by atoms with Crippen LogP contribution in [-0.2, 0) is 0 Å². The molecule has 90 valence electrons. The summed E-state index contributed by atoms with van der Waals surface area (Å²) in [6.45, 7) is 1.29. The normalized spacial score (nSPS) is 38.5. The first-order valence-electron chi connectivity index (χ1n) is 5.34. The Hall–Kier alpha value is -1.34. The van der Waals surface area contributed by atoms with Gasteiger partial charge in [-0.1, -0.05) is 0 Å². The maximum Gasteiger partial charge on any atom is 0.190 e. The van der Waals surface area contributed by atoms with Crippen LogP contribution >= 0.6 is 0 Å². The van der Waals surface area contributed by atoms with Gasteiger partial charge in [-0.05, 0) is 13.5 Å². The van der Waals surface area contributed by atoms with Gasteiger partial charge in [0, 0.05) is 13.1 Å². The number of aliphatic hydroxyl groups excluding tert-OH is 1. The van der Waals surface area contributed by atoms with Gasteiger partial charge < -0.3 is 21.5 Å². The number of rotatable bonds is 3. The molecule has 2 aliphatic rings. The van der Waals surface area contributed by atoms with Gasteiger partial charge in [-0.15, -0.1) is 0 Å².